The van der Waals surface area contributed by atoms with Crippen molar-refractivity contribution < 1.29 is 14.3 Å². The first-order chi connectivity index (χ1) is 13.1. The smallest absolute Gasteiger partial charge is 0.228 e. The Labute approximate surface area is 160 Å². The molecule has 0 atom stereocenters. The van der Waals surface area contributed by atoms with Crippen molar-refractivity contribution in [2.75, 3.05) is 23.9 Å². The number of hydrogen-bond donors (Lipinski definition) is 1. The van der Waals surface area contributed by atoms with Gasteiger partial charge in [0.1, 0.15) is 5.75 Å². The van der Waals surface area contributed by atoms with E-state index in [0.29, 0.717) is 30.6 Å². The van der Waals surface area contributed by atoms with Crippen LogP contribution in [0.2, 0.25) is 0 Å². The maximum absolute atomic E-state index is 13.1. The van der Waals surface area contributed by atoms with Crippen LogP contribution in [0.1, 0.15) is 44.9 Å². The summed E-state index contributed by atoms with van der Waals surface area (Å²) >= 11 is 0. The fraction of sp³-hybridized carbons (Fsp3) is 0.636. The molecule has 1 N–H and O–H groups in total. The summed E-state index contributed by atoms with van der Waals surface area (Å²) in [7, 11) is 1.62. The number of carbonyl (C=O) groups is 2. The number of anilines is 2. The van der Waals surface area contributed by atoms with Gasteiger partial charge in [-0.1, -0.05) is 0 Å². The zero-order valence-electron chi connectivity index (χ0n) is 15.9. The maximum atomic E-state index is 13.1. The molecule has 0 spiro atoms. The third-order valence-corrected chi connectivity index (χ3v) is 7.34. The molecule has 144 valence electrons. The van der Waals surface area contributed by atoms with Gasteiger partial charge in [0.15, 0.2) is 0 Å². The van der Waals surface area contributed by atoms with Crippen LogP contribution in [-0.2, 0) is 9.59 Å². The Morgan fingerprint density at radius 2 is 1.81 bits per heavy atom. The number of nitrogens with one attached hydrogen (secondary N) is 1. The second-order valence-corrected chi connectivity index (χ2v) is 8.98. The van der Waals surface area contributed by atoms with Gasteiger partial charge in [-0.2, -0.15) is 0 Å². The number of hydrogen-bond acceptors (Lipinski definition) is 3. The van der Waals surface area contributed by atoms with E-state index in [-0.39, 0.29) is 17.7 Å². The van der Waals surface area contributed by atoms with Crippen LogP contribution in [0, 0.1) is 29.6 Å². The highest BCUT2D eigenvalue weighted by molar-refractivity contribution is 5.99. The van der Waals surface area contributed by atoms with Crippen LogP contribution < -0.4 is 15.0 Å². The molecule has 1 aromatic rings. The van der Waals surface area contributed by atoms with E-state index in [4.69, 9.17) is 4.74 Å². The lowest BCUT2D eigenvalue weighted by atomic mass is 9.51. The molecule has 5 fully saturated rings. The largest absolute Gasteiger partial charge is 0.495 e. The highest BCUT2D eigenvalue weighted by Crippen LogP contribution is 2.56. The molecular formula is C22H28N2O3. The van der Waals surface area contributed by atoms with Crippen molar-refractivity contribution in [3.05, 3.63) is 18.2 Å². The molecule has 5 heteroatoms. The predicted octanol–water partition coefficient (Wildman–Crippen LogP) is 3.83. The van der Waals surface area contributed by atoms with Gasteiger partial charge in [0.2, 0.25) is 11.8 Å². The van der Waals surface area contributed by atoms with Crippen LogP contribution in [0.3, 0.4) is 0 Å². The van der Waals surface area contributed by atoms with Gasteiger partial charge in [-0.25, -0.2) is 0 Å². The molecule has 0 aromatic heterocycles. The van der Waals surface area contributed by atoms with Gasteiger partial charge in [0.05, 0.1) is 12.8 Å². The van der Waals surface area contributed by atoms with Crippen LogP contribution >= 0.6 is 0 Å². The zero-order valence-corrected chi connectivity index (χ0v) is 15.9. The molecule has 2 amide bonds. The zero-order chi connectivity index (χ0) is 18.5. The van der Waals surface area contributed by atoms with Crippen molar-refractivity contribution in [1.29, 1.82) is 0 Å². The van der Waals surface area contributed by atoms with Gasteiger partial charge in [-0.15, -0.1) is 0 Å². The minimum atomic E-state index is 0.123. The second kappa shape index (κ2) is 6.54. The van der Waals surface area contributed by atoms with Gasteiger partial charge >= 0.3 is 0 Å². The summed E-state index contributed by atoms with van der Waals surface area (Å²) in [6.07, 6.45) is 7.79. The molecule has 1 saturated heterocycles. The van der Waals surface area contributed by atoms with E-state index in [1.807, 2.05) is 18.2 Å². The molecule has 5 nitrogen and oxygen atoms in total. The lowest BCUT2D eigenvalue weighted by Crippen LogP contribution is -2.49. The van der Waals surface area contributed by atoms with Crippen LogP contribution in [0.5, 0.6) is 5.75 Å². The number of amides is 2. The number of methoxy groups -OCH3 is 1. The van der Waals surface area contributed by atoms with Gasteiger partial charge in [0, 0.05) is 24.6 Å². The van der Waals surface area contributed by atoms with E-state index in [1.54, 1.807) is 12.0 Å². The summed E-state index contributed by atoms with van der Waals surface area (Å²) in [5.41, 5.74) is 1.53. The van der Waals surface area contributed by atoms with Gasteiger partial charge < -0.3 is 15.0 Å². The Bertz CT molecular complexity index is 747. The average Bonchev–Trinajstić information content (AvgIpc) is 3.06. The monoisotopic (exact) mass is 368 g/mol. The van der Waals surface area contributed by atoms with Crippen LogP contribution in [0.4, 0.5) is 11.4 Å². The van der Waals surface area contributed by atoms with E-state index in [0.717, 1.165) is 29.6 Å². The lowest BCUT2D eigenvalue weighted by Gasteiger charge is -2.53. The lowest BCUT2D eigenvalue weighted by molar-refractivity contribution is -0.132. The summed E-state index contributed by atoms with van der Waals surface area (Å²) in [5.74, 6) is 4.01. The van der Waals surface area contributed by atoms with Crippen LogP contribution in [0.15, 0.2) is 18.2 Å². The average molecular weight is 368 g/mol. The highest BCUT2D eigenvalue weighted by atomic mass is 16.5. The number of carbonyl (C=O) groups excluding carboxylic acids is 2. The van der Waals surface area contributed by atoms with E-state index in [1.165, 1.54) is 32.1 Å². The molecule has 4 aliphatic carbocycles. The quantitative estimate of drug-likeness (QED) is 0.879. The van der Waals surface area contributed by atoms with Crippen molar-refractivity contribution in [3.63, 3.8) is 0 Å². The van der Waals surface area contributed by atoms with Crippen molar-refractivity contribution in [1.82, 2.24) is 0 Å². The normalized spacial score (nSPS) is 34.2. The Kier molecular flexibility index (Phi) is 4.14. The first-order valence-electron chi connectivity index (χ1n) is 10.4. The molecule has 27 heavy (non-hydrogen) atoms. The fourth-order valence-corrected chi connectivity index (χ4v) is 6.46. The highest BCUT2D eigenvalue weighted by Gasteiger charge is 2.50. The van der Waals surface area contributed by atoms with Crippen molar-refractivity contribution in [2.45, 2.75) is 44.9 Å². The maximum Gasteiger partial charge on any atom is 0.228 e. The third-order valence-electron chi connectivity index (χ3n) is 7.34. The fourth-order valence-electron chi connectivity index (χ4n) is 6.46. The Morgan fingerprint density at radius 1 is 1.11 bits per heavy atom. The minimum Gasteiger partial charge on any atom is -0.495 e. The number of benzene rings is 1. The minimum absolute atomic E-state index is 0.123. The van der Waals surface area contributed by atoms with Gasteiger partial charge in [-0.3, -0.25) is 9.59 Å². The molecule has 4 saturated carbocycles. The van der Waals surface area contributed by atoms with E-state index < -0.39 is 0 Å². The standard InChI is InChI=1S/C22H28N2O3/c1-27-19-5-4-17(12-18(19)24-6-2-3-20(24)25)23-22(26)21-15-8-13-7-14(10-15)11-16(21)9-13/h4-5,12-16,21H,2-3,6-11H2,1H3,(H,23,26). The van der Waals surface area contributed by atoms with E-state index in [9.17, 15) is 9.59 Å². The predicted molar refractivity (Wildman–Crippen MR) is 104 cm³/mol. The summed E-state index contributed by atoms with van der Waals surface area (Å²) in [5, 5.41) is 3.17. The van der Waals surface area contributed by atoms with Crippen LogP contribution in [-0.4, -0.2) is 25.5 Å². The van der Waals surface area contributed by atoms with E-state index >= 15 is 0 Å². The summed E-state index contributed by atoms with van der Waals surface area (Å²) in [6, 6.07) is 5.64. The molecule has 0 unspecified atom stereocenters. The molecule has 1 aliphatic heterocycles. The molecule has 1 heterocycles. The van der Waals surface area contributed by atoms with Crippen LogP contribution in [0.25, 0.3) is 0 Å². The first kappa shape index (κ1) is 17.1. The first-order valence-corrected chi connectivity index (χ1v) is 10.4. The van der Waals surface area contributed by atoms with Crippen molar-refractivity contribution in [3.8, 4) is 5.75 Å². The second-order valence-electron chi connectivity index (χ2n) is 8.98. The Balaban J connectivity index is 1.36. The molecule has 0 radical (unpaired) electrons. The molecule has 1 aromatic carbocycles. The summed E-state index contributed by atoms with van der Waals surface area (Å²) < 4.78 is 5.45. The molecule has 6 rings (SSSR count). The number of rotatable bonds is 4. The SMILES string of the molecule is COc1ccc(NC(=O)C2C3CC4CC(C3)CC2C4)cc1N1CCCC1=O. The van der Waals surface area contributed by atoms with Crippen molar-refractivity contribution >= 4 is 23.2 Å². The van der Waals surface area contributed by atoms with Gasteiger partial charge in [-0.05, 0) is 80.4 Å². The number of ether oxygens (including phenoxy) is 1. The van der Waals surface area contributed by atoms with Gasteiger partial charge in [0.25, 0.3) is 0 Å². The molecule has 5 aliphatic rings. The Morgan fingerprint density at radius 3 is 2.41 bits per heavy atom. The molecular weight excluding hydrogens is 340 g/mol. The summed E-state index contributed by atoms with van der Waals surface area (Å²) in [6.45, 7) is 0.710. The van der Waals surface area contributed by atoms with Crippen molar-refractivity contribution in [2.24, 2.45) is 29.6 Å². The Hall–Kier alpha value is -2.04. The third kappa shape index (κ3) is 2.91. The topological polar surface area (TPSA) is 58.6 Å². The molecule has 4 bridgehead atoms. The van der Waals surface area contributed by atoms with E-state index in [2.05, 4.69) is 5.32 Å². The summed E-state index contributed by atoms with van der Waals surface area (Å²) in [4.78, 5) is 27.1. The number of nitrogens with zero attached hydrogens (tertiary/aromatic N) is 1.